The summed E-state index contributed by atoms with van der Waals surface area (Å²) in [6, 6.07) is 9.30. The van der Waals surface area contributed by atoms with E-state index in [1.807, 2.05) is 12.1 Å². The normalized spacial score (nSPS) is 11.6. The fraction of sp³-hybridized carbons (Fsp3) is 0.429. The van der Waals surface area contributed by atoms with E-state index in [0.29, 0.717) is 18.7 Å². The molecule has 96 valence electrons. The topological polar surface area (TPSA) is 76.1 Å². The number of anilines is 1. The summed E-state index contributed by atoms with van der Waals surface area (Å²) in [6.07, 6.45) is 1.99. The van der Waals surface area contributed by atoms with Crippen LogP contribution in [0.3, 0.4) is 0 Å². The van der Waals surface area contributed by atoms with Crippen LogP contribution in [0.15, 0.2) is 24.3 Å². The molecule has 1 rings (SSSR count). The van der Waals surface area contributed by atoms with Crippen LogP contribution in [0.2, 0.25) is 0 Å². The summed E-state index contributed by atoms with van der Waals surface area (Å²) in [5.41, 5.74) is 7.17. The number of nitriles is 1. The Morgan fingerprint density at radius 3 is 2.94 bits per heavy atom. The van der Waals surface area contributed by atoms with Gasteiger partial charge >= 0.3 is 5.97 Å². The maximum atomic E-state index is 11.8. The number of carbonyl (C=O) groups excluding carboxylic acids is 1. The van der Waals surface area contributed by atoms with Gasteiger partial charge in [0.25, 0.3) is 0 Å². The lowest BCUT2D eigenvalue weighted by Crippen LogP contribution is -2.14. The molecule has 0 saturated carbocycles. The van der Waals surface area contributed by atoms with Crippen LogP contribution in [0, 0.1) is 11.3 Å². The summed E-state index contributed by atoms with van der Waals surface area (Å²) in [6.45, 7) is 2.17. The summed E-state index contributed by atoms with van der Waals surface area (Å²) in [4.78, 5) is 11.8. The van der Waals surface area contributed by atoms with E-state index in [1.54, 1.807) is 19.1 Å². The van der Waals surface area contributed by atoms with E-state index in [9.17, 15) is 4.79 Å². The molecule has 0 aliphatic rings. The van der Waals surface area contributed by atoms with E-state index < -0.39 is 0 Å². The number of rotatable bonds is 6. The SMILES string of the molecule is CC(C(=O)OCCCCC#N)c1cccc(N)c1. The van der Waals surface area contributed by atoms with Crippen LogP contribution in [0.1, 0.15) is 37.7 Å². The Balaban J connectivity index is 2.40. The standard InChI is InChI=1S/C14H18N2O2/c1-11(12-6-5-7-13(16)10-12)14(17)18-9-4-2-3-8-15/h5-7,10-11H,2-4,9,16H2,1H3. The number of hydrogen-bond donors (Lipinski definition) is 1. The van der Waals surface area contributed by atoms with E-state index in [1.165, 1.54) is 0 Å². The lowest BCUT2D eigenvalue weighted by atomic mass is 10.0. The van der Waals surface area contributed by atoms with Crippen molar-refractivity contribution in [3.8, 4) is 6.07 Å². The van der Waals surface area contributed by atoms with Gasteiger partial charge in [-0.05, 0) is 37.5 Å². The van der Waals surface area contributed by atoms with Crippen molar-refractivity contribution < 1.29 is 9.53 Å². The number of nitrogens with zero attached hydrogens (tertiary/aromatic N) is 1. The lowest BCUT2D eigenvalue weighted by Gasteiger charge is -2.12. The van der Waals surface area contributed by atoms with Crippen molar-refractivity contribution in [3.05, 3.63) is 29.8 Å². The van der Waals surface area contributed by atoms with Gasteiger partial charge in [-0.1, -0.05) is 12.1 Å². The van der Waals surface area contributed by atoms with Gasteiger partial charge in [-0.25, -0.2) is 0 Å². The smallest absolute Gasteiger partial charge is 0.313 e. The molecule has 1 aromatic carbocycles. The number of hydrogen-bond acceptors (Lipinski definition) is 4. The average molecular weight is 246 g/mol. The van der Waals surface area contributed by atoms with Crippen molar-refractivity contribution in [1.29, 1.82) is 5.26 Å². The van der Waals surface area contributed by atoms with Crippen LogP contribution in [0.5, 0.6) is 0 Å². The molecule has 0 spiro atoms. The Morgan fingerprint density at radius 1 is 1.50 bits per heavy atom. The first kappa shape index (κ1) is 14.0. The highest BCUT2D eigenvalue weighted by molar-refractivity contribution is 5.78. The second kappa shape index (κ2) is 7.33. The van der Waals surface area contributed by atoms with E-state index in [0.717, 1.165) is 18.4 Å². The maximum Gasteiger partial charge on any atom is 0.313 e. The molecule has 1 aromatic rings. The first-order chi connectivity index (χ1) is 8.65. The number of esters is 1. The molecule has 1 unspecified atom stereocenters. The molecule has 18 heavy (non-hydrogen) atoms. The molecule has 4 nitrogen and oxygen atoms in total. The van der Waals surface area contributed by atoms with Crippen molar-refractivity contribution in [2.24, 2.45) is 0 Å². The second-order valence-electron chi connectivity index (χ2n) is 4.17. The Hall–Kier alpha value is -2.02. The number of carbonyl (C=O) groups is 1. The van der Waals surface area contributed by atoms with Crippen LogP contribution in [0.4, 0.5) is 5.69 Å². The van der Waals surface area contributed by atoms with Crippen LogP contribution in [0.25, 0.3) is 0 Å². The van der Waals surface area contributed by atoms with Gasteiger partial charge in [-0.2, -0.15) is 5.26 Å². The highest BCUT2D eigenvalue weighted by Gasteiger charge is 2.16. The molecule has 4 heteroatoms. The maximum absolute atomic E-state index is 11.8. The monoisotopic (exact) mass is 246 g/mol. The Labute approximate surface area is 107 Å². The highest BCUT2D eigenvalue weighted by Crippen LogP contribution is 2.19. The van der Waals surface area contributed by atoms with Crippen molar-refractivity contribution in [3.63, 3.8) is 0 Å². The molecule has 0 amide bonds. The van der Waals surface area contributed by atoms with Crippen LogP contribution < -0.4 is 5.73 Å². The minimum absolute atomic E-state index is 0.252. The second-order valence-corrected chi connectivity index (χ2v) is 4.17. The lowest BCUT2D eigenvalue weighted by molar-refractivity contribution is -0.145. The van der Waals surface area contributed by atoms with Crippen molar-refractivity contribution >= 4 is 11.7 Å². The van der Waals surface area contributed by atoms with E-state index in [2.05, 4.69) is 6.07 Å². The molecule has 0 bridgehead atoms. The molecule has 0 saturated heterocycles. The minimum Gasteiger partial charge on any atom is -0.465 e. The van der Waals surface area contributed by atoms with Gasteiger partial charge in [0.15, 0.2) is 0 Å². The molecule has 0 aliphatic heterocycles. The van der Waals surface area contributed by atoms with Gasteiger partial charge in [0.05, 0.1) is 18.6 Å². The third-order valence-electron chi connectivity index (χ3n) is 2.69. The van der Waals surface area contributed by atoms with Gasteiger partial charge < -0.3 is 10.5 Å². The summed E-state index contributed by atoms with van der Waals surface area (Å²) in [5.74, 6) is -0.568. The first-order valence-electron chi connectivity index (χ1n) is 6.04. The van der Waals surface area contributed by atoms with E-state index in [-0.39, 0.29) is 11.9 Å². The van der Waals surface area contributed by atoms with Crippen molar-refractivity contribution in [1.82, 2.24) is 0 Å². The van der Waals surface area contributed by atoms with Gasteiger partial charge in [-0.15, -0.1) is 0 Å². The molecule has 0 fully saturated rings. The van der Waals surface area contributed by atoms with Crippen LogP contribution >= 0.6 is 0 Å². The van der Waals surface area contributed by atoms with E-state index in [4.69, 9.17) is 15.7 Å². The largest absolute Gasteiger partial charge is 0.465 e. The van der Waals surface area contributed by atoms with E-state index >= 15 is 0 Å². The molecule has 0 aromatic heterocycles. The molecule has 0 radical (unpaired) electrons. The zero-order valence-electron chi connectivity index (χ0n) is 10.6. The van der Waals surface area contributed by atoms with Crippen LogP contribution in [-0.4, -0.2) is 12.6 Å². The summed E-state index contributed by atoms with van der Waals surface area (Å²) in [5, 5.41) is 8.37. The first-order valence-corrected chi connectivity index (χ1v) is 6.04. The number of unbranched alkanes of at least 4 members (excludes halogenated alkanes) is 2. The number of ether oxygens (including phenoxy) is 1. The van der Waals surface area contributed by atoms with Crippen molar-refractivity contribution in [2.75, 3.05) is 12.3 Å². The van der Waals surface area contributed by atoms with Crippen molar-refractivity contribution in [2.45, 2.75) is 32.1 Å². The van der Waals surface area contributed by atoms with Gasteiger partial charge in [0, 0.05) is 12.1 Å². The molecular formula is C14H18N2O2. The average Bonchev–Trinajstić information content (AvgIpc) is 2.37. The zero-order chi connectivity index (χ0) is 13.4. The fourth-order valence-corrected chi connectivity index (χ4v) is 1.57. The number of benzene rings is 1. The zero-order valence-corrected chi connectivity index (χ0v) is 10.6. The number of nitrogen functional groups attached to an aromatic ring is 1. The molecule has 1 atom stereocenters. The van der Waals surface area contributed by atoms with Gasteiger partial charge in [0.2, 0.25) is 0 Å². The minimum atomic E-state index is -0.315. The third kappa shape index (κ3) is 4.46. The number of nitrogens with two attached hydrogens (primary N) is 1. The quantitative estimate of drug-likeness (QED) is 0.475. The molecule has 0 aliphatic carbocycles. The highest BCUT2D eigenvalue weighted by atomic mass is 16.5. The summed E-state index contributed by atoms with van der Waals surface area (Å²) >= 11 is 0. The molecule has 2 N–H and O–H groups in total. The third-order valence-corrected chi connectivity index (χ3v) is 2.69. The predicted octanol–water partition coefficient (Wildman–Crippen LogP) is 2.61. The Morgan fingerprint density at radius 2 is 2.28 bits per heavy atom. The summed E-state index contributed by atoms with van der Waals surface area (Å²) in [7, 11) is 0. The fourth-order valence-electron chi connectivity index (χ4n) is 1.57. The molecular weight excluding hydrogens is 228 g/mol. The van der Waals surface area contributed by atoms with Gasteiger partial charge in [0.1, 0.15) is 0 Å². The van der Waals surface area contributed by atoms with Gasteiger partial charge in [-0.3, -0.25) is 4.79 Å². The predicted molar refractivity (Wildman–Crippen MR) is 69.7 cm³/mol. The molecule has 0 heterocycles. The van der Waals surface area contributed by atoms with Crippen LogP contribution in [-0.2, 0) is 9.53 Å². The summed E-state index contributed by atoms with van der Waals surface area (Å²) < 4.78 is 5.16. The Bertz CT molecular complexity index is 438. The Kier molecular flexibility index (Phi) is 5.72.